The molecular weight excluding hydrogens is 428 g/mol. The molecule has 1 rings (SSSR count). The molecule has 0 aliphatic heterocycles. The number of unbranched alkanes of at least 4 members (excludes halogenated alkanes) is 11. The van der Waals surface area contributed by atoms with Gasteiger partial charge >= 0.3 is 0 Å². The Kier molecular flexibility index (Phi) is 23.3. The molecule has 1 atom stereocenters. The molecule has 0 fully saturated rings. The van der Waals surface area contributed by atoms with Gasteiger partial charge in [-0.3, -0.25) is 4.79 Å². The van der Waals surface area contributed by atoms with Crippen LogP contribution >= 0.6 is 11.8 Å². The molecule has 1 aromatic carbocycles. The summed E-state index contributed by atoms with van der Waals surface area (Å²) in [5.74, 6) is -0.0558. The Labute approximate surface area is 209 Å². The number of ether oxygens (including phenoxy) is 1. The van der Waals surface area contributed by atoms with Crippen molar-refractivity contribution in [2.75, 3.05) is 26.5 Å². The minimum Gasteiger partial charge on any atom is -0.383 e. The van der Waals surface area contributed by atoms with Crippen molar-refractivity contribution in [2.45, 2.75) is 115 Å². The third kappa shape index (κ3) is 20.1. The molecule has 3 N–H and O–H groups in total. The Morgan fingerprint density at radius 2 is 1.42 bits per heavy atom. The Balaban J connectivity index is 0.000000629. The van der Waals surface area contributed by atoms with Gasteiger partial charge in [0.05, 0.1) is 6.61 Å². The van der Waals surface area contributed by atoms with Crippen LogP contribution in [0.5, 0.6) is 0 Å². The molecule has 0 heterocycles. The lowest BCUT2D eigenvalue weighted by molar-refractivity contribution is 0.0937. The number of methoxy groups -OCH3 is 1. The largest absolute Gasteiger partial charge is 0.383 e. The zero-order chi connectivity index (χ0) is 24.6. The van der Waals surface area contributed by atoms with E-state index in [4.69, 9.17) is 10.5 Å². The summed E-state index contributed by atoms with van der Waals surface area (Å²) in [5.41, 5.74) is 6.59. The van der Waals surface area contributed by atoms with Gasteiger partial charge in [-0.25, -0.2) is 0 Å². The predicted molar refractivity (Wildman–Crippen MR) is 146 cm³/mol. The predicted octanol–water partition coefficient (Wildman–Crippen LogP) is 7.60. The molecular formula is C28H52N2O2S. The van der Waals surface area contributed by atoms with E-state index in [0.29, 0.717) is 24.8 Å². The lowest BCUT2D eigenvalue weighted by atomic mass is 10.0. The van der Waals surface area contributed by atoms with Crippen molar-refractivity contribution >= 4 is 17.7 Å². The SMILES string of the molecule is CCCCCCCCCCCCCCC(N)CC.COCCNC(=O)c1ccc(SC)cc1. The normalized spacial score (nSPS) is 11.5. The van der Waals surface area contributed by atoms with Crippen molar-refractivity contribution in [1.82, 2.24) is 5.32 Å². The van der Waals surface area contributed by atoms with E-state index in [1.807, 2.05) is 30.5 Å². The molecule has 33 heavy (non-hydrogen) atoms. The van der Waals surface area contributed by atoms with Crippen LogP contribution in [0.2, 0.25) is 0 Å². The Morgan fingerprint density at radius 3 is 1.88 bits per heavy atom. The highest BCUT2D eigenvalue weighted by atomic mass is 32.2. The number of nitrogens with two attached hydrogens (primary N) is 1. The monoisotopic (exact) mass is 480 g/mol. The van der Waals surface area contributed by atoms with E-state index in [2.05, 4.69) is 19.2 Å². The number of hydrogen-bond acceptors (Lipinski definition) is 4. The van der Waals surface area contributed by atoms with Gasteiger partial charge in [0.2, 0.25) is 0 Å². The van der Waals surface area contributed by atoms with E-state index < -0.39 is 0 Å². The second-order valence-electron chi connectivity index (χ2n) is 8.82. The van der Waals surface area contributed by atoms with E-state index in [1.54, 1.807) is 18.9 Å². The van der Waals surface area contributed by atoms with Crippen molar-refractivity contribution in [3.63, 3.8) is 0 Å². The molecule has 0 aromatic heterocycles. The maximum Gasteiger partial charge on any atom is 0.251 e. The summed E-state index contributed by atoms with van der Waals surface area (Å²) >= 11 is 1.66. The number of hydrogen-bond donors (Lipinski definition) is 2. The van der Waals surface area contributed by atoms with Crippen LogP contribution in [0.4, 0.5) is 0 Å². The summed E-state index contributed by atoms with van der Waals surface area (Å²) in [6, 6.07) is 7.99. The van der Waals surface area contributed by atoms with Gasteiger partial charge in [-0.15, -0.1) is 11.8 Å². The smallest absolute Gasteiger partial charge is 0.251 e. The lowest BCUT2D eigenvalue weighted by Crippen LogP contribution is -2.26. The molecule has 1 aromatic rings. The summed E-state index contributed by atoms with van der Waals surface area (Å²) in [5, 5.41) is 2.77. The molecule has 0 bridgehead atoms. The van der Waals surface area contributed by atoms with Crippen molar-refractivity contribution in [1.29, 1.82) is 0 Å². The minimum absolute atomic E-state index is 0.0558. The third-order valence-electron chi connectivity index (χ3n) is 5.90. The Hall–Kier alpha value is -1.04. The zero-order valence-corrected chi connectivity index (χ0v) is 22.8. The maximum atomic E-state index is 11.5. The number of carbonyl (C=O) groups is 1. The molecule has 0 aliphatic rings. The Morgan fingerprint density at radius 1 is 0.909 bits per heavy atom. The quantitative estimate of drug-likeness (QED) is 0.158. The molecule has 0 saturated carbocycles. The molecule has 4 nitrogen and oxygen atoms in total. The molecule has 1 unspecified atom stereocenters. The summed E-state index contributed by atoms with van der Waals surface area (Å²) in [6.45, 7) is 5.55. The van der Waals surface area contributed by atoms with Gasteiger partial charge in [-0.1, -0.05) is 90.9 Å². The van der Waals surface area contributed by atoms with E-state index >= 15 is 0 Å². The lowest BCUT2D eigenvalue weighted by Gasteiger charge is -2.07. The van der Waals surface area contributed by atoms with Crippen molar-refractivity contribution in [2.24, 2.45) is 5.73 Å². The maximum absolute atomic E-state index is 11.5. The van der Waals surface area contributed by atoms with E-state index in [9.17, 15) is 4.79 Å². The molecule has 0 spiro atoms. The fourth-order valence-electron chi connectivity index (χ4n) is 3.56. The minimum atomic E-state index is -0.0558. The van der Waals surface area contributed by atoms with E-state index in [1.165, 1.54) is 83.5 Å². The highest BCUT2D eigenvalue weighted by molar-refractivity contribution is 7.98. The van der Waals surface area contributed by atoms with Gasteiger partial charge in [0.15, 0.2) is 0 Å². The number of amides is 1. The number of nitrogens with one attached hydrogen (secondary N) is 1. The van der Waals surface area contributed by atoms with Gasteiger partial charge in [0.25, 0.3) is 5.91 Å². The molecule has 0 aliphatic carbocycles. The van der Waals surface area contributed by atoms with Gasteiger partial charge in [0.1, 0.15) is 0 Å². The Bertz CT molecular complexity index is 551. The number of benzene rings is 1. The highest BCUT2D eigenvalue weighted by Crippen LogP contribution is 2.15. The first kappa shape index (κ1) is 32.0. The topological polar surface area (TPSA) is 64.3 Å². The second-order valence-corrected chi connectivity index (χ2v) is 9.70. The number of thioether (sulfide) groups is 1. The first-order valence-corrected chi connectivity index (χ1v) is 14.5. The van der Waals surface area contributed by atoms with Crippen LogP contribution in [0.3, 0.4) is 0 Å². The number of rotatable bonds is 19. The van der Waals surface area contributed by atoms with Gasteiger partial charge in [-0.05, 0) is 43.4 Å². The molecule has 1 amide bonds. The van der Waals surface area contributed by atoms with Gasteiger partial charge in [0, 0.05) is 30.2 Å². The fourth-order valence-corrected chi connectivity index (χ4v) is 3.97. The third-order valence-corrected chi connectivity index (χ3v) is 6.64. The molecule has 0 saturated heterocycles. The average Bonchev–Trinajstić information content (AvgIpc) is 2.85. The van der Waals surface area contributed by atoms with Crippen LogP contribution in [0.15, 0.2) is 29.2 Å². The van der Waals surface area contributed by atoms with E-state index in [-0.39, 0.29) is 5.91 Å². The van der Waals surface area contributed by atoms with Gasteiger partial charge in [-0.2, -0.15) is 0 Å². The molecule has 192 valence electrons. The number of carbonyl (C=O) groups excluding carboxylic acids is 1. The zero-order valence-electron chi connectivity index (χ0n) is 22.0. The summed E-state index contributed by atoms with van der Waals surface area (Å²) in [6.07, 6.45) is 21.5. The fraction of sp³-hybridized carbons (Fsp3) is 0.750. The average molecular weight is 481 g/mol. The summed E-state index contributed by atoms with van der Waals surface area (Å²) in [7, 11) is 1.61. The van der Waals surface area contributed by atoms with Crippen molar-refractivity contribution in [3.05, 3.63) is 29.8 Å². The van der Waals surface area contributed by atoms with Crippen LogP contribution < -0.4 is 11.1 Å². The molecule has 5 heteroatoms. The summed E-state index contributed by atoms with van der Waals surface area (Å²) in [4.78, 5) is 12.7. The van der Waals surface area contributed by atoms with Crippen molar-refractivity contribution < 1.29 is 9.53 Å². The van der Waals surface area contributed by atoms with Crippen LogP contribution in [-0.4, -0.2) is 38.5 Å². The highest BCUT2D eigenvalue weighted by Gasteiger charge is 2.03. The first-order chi connectivity index (χ1) is 16.1. The summed E-state index contributed by atoms with van der Waals surface area (Å²) < 4.78 is 4.85. The first-order valence-electron chi connectivity index (χ1n) is 13.3. The van der Waals surface area contributed by atoms with Crippen LogP contribution in [0.25, 0.3) is 0 Å². The van der Waals surface area contributed by atoms with Crippen molar-refractivity contribution in [3.8, 4) is 0 Å². The van der Waals surface area contributed by atoms with Gasteiger partial charge < -0.3 is 15.8 Å². The van der Waals surface area contributed by atoms with E-state index in [0.717, 1.165) is 11.3 Å². The standard InChI is InChI=1S/C17H37N.C11H15NO2S/c1-3-5-6-7-8-9-10-11-12-13-14-15-16-17(18)4-2;1-14-8-7-12-11(13)9-3-5-10(15-2)6-4-9/h17H,3-16,18H2,1-2H3;3-6H,7-8H2,1-2H3,(H,12,13). The van der Waals surface area contributed by atoms with Crippen LogP contribution in [-0.2, 0) is 4.74 Å². The molecule has 0 radical (unpaired) electrons. The van der Waals surface area contributed by atoms with Crippen LogP contribution in [0, 0.1) is 0 Å². The van der Waals surface area contributed by atoms with Crippen LogP contribution in [0.1, 0.15) is 114 Å². The second kappa shape index (κ2) is 24.1.